The van der Waals surface area contributed by atoms with Crippen molar-refractivity contribution in [3.05, 3.63) is 0 Å². The van der Waals surface area contributed by atoms with E-state index < -0.39 is 0 Å². The molecule has 18 heavy (non-hydrogen) atoms. The smallest absolute Gasteiger partial charge is 0.0951 e. The normalized spacial score (nSPS) is 13.7. The maximum absolute atomic E-state index is 2.77. The van der Waals surface area contributed by atoms with Crippen LogP contribution in [0.15, 0.2) is 0 Å². The zero-order chi connectivity index (χ0) is 14.0. The predicted molar refractivity (Wildman–Crippen MR) is 91.0 cm³/mol. The molecular formula is C14H36N2Si2. The van der Waals surface area contributed by atoms with E-state index in [1.165, 1.54) is 38.0 Å². The van der Waals surface area contributed by atoms with Gasteiger partial charge in [0.25, 0.3) is 0 Å². The van der Waals surface area contributed by atoms with Crippen molar-refractivity contribution >= 4 is 19.4 Å². The summed E-state index contributed by atoms with van der Waals surface area (Å²) in [5, 5.41) is 0. The third kappa shape index (κ3) is 8.45. The van der Waals surface area contributed by atoms with E-state index in [4.69, 9.17) is 0 Å². The summed E-state index contributed by atoms with van der Waals surface area (Å²) in [4.78, 5) is 0. The third-order valence-electron chi connectivity index (χ3n) is 3.62. The largest absolute Gasteiger partial charge is 0.327 e. The fourth-order valence-electron chi connectivity index (χ4n) is 2.46. The van der Waals surface area contributed by atoms with Gasteiger partial charge in [-0.15, -0.1) is 0 Å². The van der Waals surface area contributed by atoms with E-state index in [2.05, 4.69) is 50.7 Å². The number of hydrogen-bond donors (Lipinski definition) is 0. The highest BCUT2D eigenvalue weighted by molar-refractivity contribution is 6.38. The Hall–Kier alpha value is 0.354. The van der Waals surface area contributed by atoms with Crippen LogP contribution in [0, 0.1) is 0 Å². The molecule has 0 saturated carbocycles. The fraction of sp³-hybridized carbons (Fsp3) is 1.00. The Morgan fingerprint density at radius 2 is 1.06 bits per heavy atom. The quantitative estimate of drug-likeness (QED) is 0.425. The van der Waals surface area contributed by atoms with E-state index in [0.717, 1.165) is 12.1 Å². The van der Waals surface area contributed by atoms with Crippen molar-refractivity contribution in [2.75, 3.05) is 13.1 Å². The van der Waals surface area contributed by atoms with Gasteiger partial charge in [0.2, 0.25) is 0 Å². The Balaban J connectivity index is 3.80. The van der Waals surface area contributed by atoms with Crippen LogP contribution in [0.4, 0.5) is 0 Å². The van der Waals surface area contributed by atoms with Gasteiger partial charge in [-0.1, -0.05) is 53.6 Å². The summed E-state index contributed by atoms with van der Waals surface area (Å²) >= 11 is 0. The van der Waals surface area contributed by atoms with Crippen LogP contribution in [0.5, 0.6) is 0 Å². The molecule has 0 aromatic rings. The minimum atomic E-state index is 0.0267. The van der Waals surface area contributed by atoms with Gasteiger partial charge in [-0.2, -0.15) is 0 Å². The first-order valence-corrected chi connectivity index (χ1v) is 11.3. The average Bonchev–Trinajstić information content (AvgIpc) is 2.30. The van der Waals surface area contributed by atoms with Crippen LogP contribution in [0.2, 0.25) is 12.1 Å². The molecule has 110 valence electrons. The molecule has 0 atom stereocenters. The summed E-state index contributed by atoms with van der Waals surface area (Å²) in [5.41, 5.74) is 0. The topological polar surface area (TPSA) is 6.48 Å². The van der Waals surface area contributed by atoms with E-state index in [1.807, 2.05) is 0 Å². The van der Waals surface area contributed by atoms with Gasteiger partial charge in [0.15, 0.2) is 0 Å². The molecular weight excluding hydrogens is 252 g/mol. The summed E-state index contributed by atoms with van der Waals surface area (Å²) in [6.07, 6.45) is 2.63. The summed E-state index contributed by atoms with van der Waals surface area (Å²) in [6, 6.07) is 4.62. The van der Waals surface area contributed by atoms with Gasteiger partial charge in [0, 0.05) is 0 Å². The van der Waals surface area contributed by atoms with Crippen LogP contribution in [-0.2, 0) is 0 Å². The third-order valence-corrected chi connectivity index (χ3v) is 9.50. The van der Waals surface area contributed by atoms with Crippen LogP contribution >= 0.6 is 0 Å². The second-order valence-corrected chi connectivity index (χ2v) is 9.90. The molecule has 0 heterocycles. The first-order chi connectivity index (χ1) is 8.52. The summed E-state index contributed by atoms with van der Waals surface area (Å²) < 4.78 is 5.54. The van der Waals surface area contributed by atoms with Crippen molar-refractivity contribution in [1.29, 1.82) is 0 Å². The van der Waals surface area contributed by atoms with Crippen molar-refractivity contribution in [3.63, 3.8) is 0 Å². The fourth-order valence-corrected chi connectivity index (χ4v) is 7.17. The van der Waals surface area contributed by atoms with Gasteiger partial charge in [0.05, 0.1) is 19.4 Å². The summed E-state index contributed by atoms with van der Waals surface area (Å²) in [6.45, 7) is 16.7. The molecule has 0 unspecified atom stereocenters. The second-order valence-electron chi connectivity index (χ2n) is 5.97. The van der Waals surface area contributed by atoms with E-state index >= 15 is 0 Å². The molecule has 0 aliphatic rings. The summed E-state index contributed by atoms with van der Waals surface area (Å²) in [7, 11) is 0.0535. The first kappa shape index (κ1) is 18.4. The molecule has 0 aromatic carbocycles. The minimum Gasteiger partial charge on any atom is -0.327 e. The zero-order valence-corrected chi connectivity index (χ0v) is 16.5. The first-order valence-electron chi connectivity index (χ1n) is 8.00. The van der Waals surface area contributed by atoms with E-state index in [0.29, 0.717) is 0 Å². The van der Waals surface area contributed by atoms with Gasteiger partial charge in [0.1, 0.15) is 0 Å². The molecule has 0 rings (SSSR count). The Bertz CT molecular complexity index is 167. The predicted octanol–water partition coefficient (Wildman–Crippen LogP) is 2.23. The van der Waals surface area contributed by atoms with Crippen molar-refractivity contribution in [3.8, 4) is 0 Å². The molecule has 0 saturated heterocycles. The van der Waals surface area contributed by atoms with Crippen LogP contribution in [0.3, 0.4) is 0 Å². The lowest BCUT2D eigenvalue weighted by Gasteiger charge is -2.28. The Labute approximate surface area is 120 Å². The maximum atomic E-state index is 2.77. The summed E-state index contributed by atoms with van der Waals surface area (Å²) in [5.74, 6) is 0. The molecule has 0 aliphatic carbocycles. The monoisotopic (exact) mass is 288 g/mol. The standard InChI is InChI=1S/C14H36N2Si2/c1-7-9-15(13(3)4)17-11-12-18-16(10-8-2)14(5)6/h13-14H,7-12,17-18H2,1-6H3. The maximum Gasteiger partial charge on any atom is 0.0951 e. The van der Waals surface area contributed by atoms with Crippen molar-refractivity contribution in [2.24, 2.45) is 0 Å². The zero-order valence-electron chi connectivity index (χ0n) is 13.7. The Morgan fingerprint density at radius 3 is 1.28 bits per heavy atom. The second kappa shape index (κ2) is 11.2. The molecule has 0 N–H and O–H groups in total. The lowest BCUT2D eigenvalue weighted by atomic mass is 10.4. The molecule has 0 fully saturated rings. The SMILES string of the molecule is CCCN([SiH2]CC[SiH2]N(CCC)C(C)C)C(C)C. The van der Waals surface area contributed by atoms with Crippen LogP contribution in [0.25, 0.3) is 0 Å². The molecule has 0 aliphatic heterocycles. The van der Waals surface area contributed by atoms with Crippen molar-refractivity contribution in [1.82, 2.24) is 9.13 Å². The lowest BCUT2D eigenvalue weighted by Crippen LogP contribution is -2.37. The van der Waals surface area contributed by atoms with E-state index in [-0.39, 0.29) is 19.4 Å². The highest BCUT2D eigenvalue weighted by atomic mass is 28.2. The minimum absolute atomic E-state index is 0.0267. The number of rotatable bonds is 11. The molecule has 0 bridgehead atoms. The Morgan fingerprint density at radius 1 is 0.722 bits per heavy atom. The molecule has 0 aromatic heterocycles. The van der Waals surface area contributed by atoms with Gasteiger partial charge >= 0.3 is 0 Å². The lowest BCUT2D eigenvalue weighted by molar-refractivity contribution is 0.366. The van der Waals surface area contributed by atoms with Crippen LogP contribution < -0.4 is 0 Å². The number of hydrogen-bond acceptors (Lipinski definition) is 2. The molecule has 0 amide bonds. The van der Waals surface area contributed by atoms with Crippen LogP contribution in [0.1, 0.15) is 54.4 Å². The van der Waals surface area contributed by atoms with E-state index in [9.17, 15) is 0 Å². The van der Waals surface area contributed by atoms with Gasteiger partial charge < -0.3 is 9.13 Å². The molecule has 0 radical (unpaired) electrons. The van der Waals surface area contributed by atoms with Gasteiger partial charge in [-0.3, -0.25) is 0 Å². The highest BCUT2D eigenvalue weighted by Gasteiger charge is 2.10. The number of nitrogens with zero attached hydrogens (tertiary/aromatic N) is 2. The van der Waals surface area contributed by atoms with E-state index in [1.54, 1.807) is 0 Å². The van der Waals surface area contributed by atoms with Gasteiger partial charge in [-0.05, 0) is 38.0 Å². The van der Waals surface area contributed by atoms with Crippen molar-refractivity contribution in [2.45, 2.75) is 78.6 Å². The van der Waals surface area contributed by atoms with Gasteiger partial charge in [-0.25, -0.2) is 0 Å². The molecule has 2 nitrogen and oxygen atoms in total. The molecule has 0 spiro atoms. The Kier molecular flexibility index (Phi) is 11.4. The van der Waals surface area contributed by atoms with Crippen LogP contribution in [-0.4, -0.2) is 53.7 Å². The average molecular weight is 289 g/mol. The van der Waals surface area contributed by atoms with Crippen molar-refractivity contribution < 1.29 is 0 Å². The highest BCUT2D eigenvalue weighted by Crippen LogP contribution is 2.05. The molecule has 4 heteroatoms.